The Labute approximate surface area is 112 Å². The van der Waals surface area contributed by atoms with Crippen LogP contribution < -0.4 is 0 Å². The third kappa shape index (κ3) is 2.27. The first-order valence-corrected chi connectivity index (χ1v) is 8.30. The van der Waals surface area contributed by atoms with Crippen LogP contribution in [0.2, 0.25) is 0 Å². The highest BCUT2D eigenvalue weighted by Crippen LogP contribution is 2.25. The van der Waals surface area contributed by atoms with E-state index < -0.39 is 9.84 Å². The summed E-state index contributed by atoms with van der Waals surface area (Å²) >= 11 is 0. The lowest BCUT2D eigenvalue weighted by atomic mass is 10.0. The number of nitrogens with one attached hydrogen (secondary N) is 1. The van der Waals surface area contributed by atoms with Gasteiger partial charge in [0.15, 0.2) is 9.84 Å². The molecule has 2 aliphatic heterocycles. The van der Waals surface area contributed by atoms with Crippen molar-refractivity contribution in [2.24, 2.45) is 5.92 Å². The predicted molar refractivity (Wildman–Crippen MR) is 69.2 cm³/mol. The van der Waals surface area contributed by atoms with E-state index in [-0.39, 0.29) is 23.3 Å². The van der Waals surface area contributed by atoms with E-state index in [1.165, 1.54) is 0 Å². The lowest BCUT2D eigenvalue weighted by Gasteiger charge is -2.28. The Bertz CT molecular complexity index is 620. The molecule has 1 aromatic heterocycles. The maximum Gasteiger partial charge on any atom is 0.227 e. The second-order valence-corrected chi connectivity index (χ2v) is 7.61. The summed E-state index contributed by atoms with van der Waals surface area (Å²) in [4.78, 5) is 14.1. The Hall–Kier alpha value is -1.37. The SMILES string of the molecule is Cc1[nH]nc2c1CN(C(=O)[C@@H]1CCS(=O)(=O)C1)CC2. The molecule has 7 heteroatoms. The van der Waals surface area contributed by atoms with Gasteiger partial charge in [-0.15, -0.1) is 0 Å². The number of H-pyrrole nitrogens is 1. The van der Waals surface area contributed by atoms with E-state index in [1.807, 2.05) is 6.92 Å². The highest BCUT2D eigenvalue weighted by molar-refractivity contribution is 7.91. The van der Waals surface area contributed by atoms with Gasteiger partial charge in [0.25, 0.3) is 0 Å². The van der Waals surface area contributed by atoms with Crippen LogP contribution in [-0.4, -0.2) is 47.5 Å². The molecule has 3 heterocycles. The van der Waals surface area contributed by atoms with Gasteiger partial charge < -0.3 is 4.90 Å². The molecule has 0 aliphatic carbocycles. The van der Waals surface area contributed by atoms with Crippen LogP contribution in [0.5, 0.6) is 0 Å². The molecule has 104 valence electrons. The summed E-state index contributed by atoms with van der Waals surface area (Å²) in [7, 11) is -3.00. The summed E-state index contributed by atoms with van der Waals surface area (Å²) in [5.41, 5.74) is 3.10. The number of hydrogen-bond donors (Lipinski definition) is 1. The largest absolute Gasteiger partial charge is 0.338 e. The quantitative estimate of drug-likeness (QED) is 0.788. The first-order chi connectivity index (χ1) is 8.96. The Balaban J connectivity index is 1.75. The van der Waals surface area contributed by atoms with Gasteiger partial charge in [-0.05, 0) is 13.3 Å². The number of rotatable bonds is 1. The number of aryl methyl sites for hydroxylation is 1. The molecule has 3 rings (SSSR count). The van der Waals surface area contributed by atoms with Gasteiger partial charge in [0.2, 0.25) is 5.91 Å². The van der Waals surface area contributed by atoms with Crippen molar-refractivity contribution in [1.29, 1.82) is 0 Å². The van der Waals surface area contributed by atoms with Gasteiger partial charge >= 0.3 is 0 Å². The first kappa shape index (κ1) is 12.7. The second-order valence-electron chi connectivity index (χ2n) is 5.38. The third-order valence-corrected chi connectivity index (χ3v) is 5.79. The van der Waals surface area contributed by atoms with Gasteiger partial charge in [0.1, 0.15) is 0 Å². The van der Waals surface area contributed by atoms with Crippen molar-refractivity contribution in [3.63, 3.8) is 0 Å². The summed E-state index contributed by atoms with van der Waals surface area (Å²) in [5, 5.41) is 7.15. The fourth-order valence-corrected chi connectivity index (χ4v) is 4.60. The number of fused-ring (bicyclic) bond motifs is 1. The van der Waals surface area contributed by atoms with E-state index >= 15 is 0 Å². The molecule has 1 N–H and O–H groups in total. The Morgan fingerprint density at radius 2 is 2.26 bits per heavy atom. The molecule has 0 bridgehead atoms. The Morgan fingerprint density at radius 1 is 1.47 bits per heavy atom. The van der Waals surface area contributed by atoms with Crippen molar-refractivity contribution in [2.45, 2.75) is 26.3 Å². The highest BCUT2D eigenvalue weighted by Gasteiger charge is 2.36. The molecule has 0 unspecified atom stereocenters. The lowest BCUT2D eigenvalue weighted by Crippen LogP contribution is -2.40. The van der Waals surface area contributed by atoms with Crippen molar-refractivity contribution in [3.05, 3.63) is 17.0 Å². The summed E-state index contributed by atoms with van der Waals surface area (Å²) in [6.45, 7) is 3.12. The number of carbonyl (C=O) groups is 1. The molecule has 0 radical (unpaired) electrons. The summed E-state index contributed by atoms with van der Waals surface area (Å²) in [5.74, 6) is -0.210. The molecule has 0 saturated carbocycles. The molecule has 1 saturated heterocycles. The van der Waals surface area contributed by atoms with Gasteiger partial charge in [0, 0.05) is 30.8 Å². The van der Waals surface area contributed by atoms with Gasteiger partial charge in [-0.3, -0.25) is 9.89 Å². The third-order valence-electron chi connectivity index (χ3n) is 4.02. The molecule has 1 amide bonds. The average molecular weight is 283 g/mol. The van der Waals surface area contributed by atoms with E-state index in [0.717, 1.165) is 23.4 Å². The van der Waals surface area contributed by atoms with Crippen LogP contribution in [0.15, 0.2) is 0 Å². The van der Waals surface area contributed by atoms with Crippen LogP contribution in [0.4, 0.5) is 0 Å². The minimum Gasteiger partial charge on any atom is -0.338 e. The van der Waals surface area contributed by atoms with E-state index in [0.29, 0.717) is 19.5 Å². The summed E-state index contributed by atoms with van der Waals surface area (Å²) < 4.78 is 22.9. The molecule has 1 aromatic rings. The topological polar surface area (TPSA) is 83.1 Å². The van der Waals surface area contributed by atoms with Gasteiger partial charge in [0.05, 0.1) is 23.1 Å². The summed E-state index contributed by atoms with van der Waals surface area (Å²) in [6, 6.07) is 0. The van der Waals surface area contributed by atoms with Crippen molar-refractivity contribution >= 4 is 15.7 Å². The number of carbonyl (C=O) groups excluding carboxylic acids is 1. The van der Waals surface area contributed by atoms with Crippen LogP contribution >= 0.6 is 0 Å². The molecule has 1 atom stereocenters. The van der Waals surface area contributed by atoms with Crippen LogP contribution in [-0.2, 0) is 27.6 Å². The van der Waals surface area contributed by atoms with Crippen LogP contribution in [0.3, 0.4) is 0 Å². The van der Waals surface area contributed by atoms with Crippen molar-refractivity contribution in [2.75, 3.05) is 18.1 Å². The molecule has 2 aliphatic rings. The second kappa shape index (κ2) is 4.33. The molecule has 0 aromatic carbocycles. The average Bonchev–Trinajstić information content (AvgIpc) is 2.92. The van der Waals surface area contributed by atoms with E-state index in [4.69, 9.17) is 0 Å². The predicted octanol–water partition coefficient (Wildman–Crippen LogP) is 0.0375. The Kier molecular flexibility index (Phi) is 2.88. The molecule has 1 fully saturated rings. The van der Waals surface area contributed by atoms with E-state index in [9.17, 15) is 13.2 Å². The zero-order chi connectivity index (χ0) is 13.6. The minimum absolute atomic E-state index is 0.0135. The number of aromatic nitrogens is 2. The van der Waals surface area contributed by atoms with Crippen LogP contribution in [0.1, 0.15) is 23.4 Å². The van der Waals surface area contributed by atoms with Crippen molar-refractivity contribution in [3.8, 4) is 0 Å². The zero-order valence-electron chi connectivity index (χ0n) is 10.8. The standard InChI is InChI=1S/C12H17N3O3S/c1-8-10-6-15(4-2-11(10)14-13-8)12(16)9-3-5-19(17,18)7-9/h9H,2-7H2,1H3,(H,13,14)/t9-/m1/s1. The fourth-order valence-electron chi connectivity index (χ4n) is 2.87. The van der Waals surface area contributed by atoms with Gasteiger partial charge in [-0.1, -0.05) is 0 Å². The summed E-state index contributed by atoms with van der Waals surface area (Å²) in [6.07, 6.45) is 1.21. The van der Waals surface area contributed by atoms with Gasteiger partial charge in [-0.25, -0.2) is 8.42 Å². The smallest absolute Gasteiger partial charge is 0.227 e. The van der Waals surface area contributed by atoms with E-state index in [1.54, 1.807) is 4.90 Å². The van der Waals surface area contributed by atoms with Crippen LogP contribution in [0, 0.1) is 12.8 Å². The molecule has 19 heavy (non-hydrogen) atoms. The molecular weight excluding hydrogens is 266 g/mol. The van der Waals surface area contributed by atoms with Crippen molar-refractivity contribution in [1.82, 2.24) is 15.1 Å². The number of aromatic amines is 1. The molecular formula is C12H17N3O3S. The highest BCUT2D eigenvalue weighted by atomic mass is 32.2. The normalized spacial score (nSPS) is 25.3. The van der Waals surface area contributed by atoms with E-state index in [2.05, 4.69) is 10.2 Å². The fraction of sp³-hybridized carbons (Fsp3) is 0.667. The van der Waals surface area contributed by atoms with Crippen LogP contribution in [0.25, 0.3) is 0 Å². The maximum atomic E-state index is 12.4. The maximum absolute atomic E-state index is 12.4. The number of hydrogen-bond acceptors (Lipinski definition) is 4. The number of sulfone groups is 1. The minimum atomic E-state index is -3.00. The van der Waals surface area contributed by atoms with Gasteiger partial charge in [-0.2, -0.15) is 5.10 Å². The molecule has 6 nitrogen and oxygen atoms in total. The zero-order valence-corrected chi connectivity index (χ0v) is 11.7. The monoisotopic (exact) mass is 283 g/mol. The number of amides is 1. The lowest BCUT2D eigenvalue weighted by molar-refractivity contribution is -0.135. The first-order valence-electron chi connectivity index (χ1n) is 6.48. The Morgan fingerprint density at radius 3 is 2.95 bits per heavy atom. The number of nitrogens with zero attached hydrogens (tertiary/aromatic N) is 2. The van der Waals surface area contributed by atoms with Crippen molar-refractivity contribution < 1.29 is 13.2 Å². The molecule has 0 spiro atoms.